The monoisotopic (exact) mass is 355 g/mol. The molecule has 26 heavy (non-hydrogen) atoms. The average molecular weight is 355 g/mol. The van der Waals surface area contributed by atoms with Gasteiger partial charge in [0.15, 0.2) is 0 Å². The van der Waals surface area contributed by atoms with Crippen LogP contribution in [0, 0.1) is 11.8 Å². The van der Waals surface area contributed by atoms with E-state index in [1.54, 1.807) is 13.4 Å². The van der Waals surface area contributed by atoms with Crippen molar-refractivity contribution in [2.45, 2.75) is 32.5 Å². The van der Waals surface area contributed by atoms with E-state index in [9.17, 15) is 4.79 Å². The molecule has 1 aliphatic heterocycles. The lowest BCUT2D eigenvalue weighted by Gasteiger charge is -2.24. The minimum Gasteiger partial charge on any atom is -0.496 e. The Kier molecular flexibility index (Phi) is 4.88. The molecule has 4 rings (SSSR count). The van der Waals surface area contributed by atoms with Crippen molar-refractivity contribution in [3.8, 4) is 5.75 Å². The van der Waals surface area contributed by atoms with Gasteiger partial charge in [0.25, 0.3) is 0 Å². The predicted octanol–water partition coefficient (Wildman–Crippen LogP) is 1.44. The summed E-state index contributed by atoms with van der Waals surface area (Å²) in [6.07, 6.45) is 4.04. The highest BCUT2D eigenvalue weighted by Crippen LogP contribution is 2.28. The van der Waals surface area contributed by atoms with Gasteiger partial charge >= 0.3 is 0 Å². The zero-order valence-electron chi connectivity index (χ0n) is 15.1. The Hall–Kier alpha value is -2.41. The zero-order valence-corrected chi connectivity index (χ0v) is 15.1. The summed E-state index contributed by atoms with van der Waals surface area (Å²) in [6.45, 7) is 3.44. The second-order valence-corrected chi connectivity index (χ2v) is 7.23. The highest BCUT2D eigenvalue weighted by Gasteiger charge is 2.30. The molecule has 0 radical (unpaired) electrons. The molecule has 1 amide bonds. The second kappa shape index (κ2) is 7.45. The normalized spacial score (nSPS) is 20.3. The van der Waals surface area contributed by atoms with Crippen LogP contribution < -0.4 is 10.1 Å². The van der Waals surface area contributed by atoms with Crippen LogP contribution >= 0.6 is 0 Å². The van der Waals surface area contributed by atoms with E-state index < -0.39 is 0 Å². The van der Waals surface area contributed by atoms with E-state index in [0.717, 1.165) is 23.7 Å². The van der Waals surface area contributed by atoms with Gasteiger partial charge in [-0.05, 0) is 24.8 Å². The number of hydrogen-bond donors (Lipinski definition) is 1. The lowest BCUT2D eigenvalue weighted by molar-refractivity contribution is -0.126. The SMILES string of the molecule is COc1ccccc1CN1Cc2ncnn2C[C@H](C(=O)NCC2CC2)C1. The Bertz CT molecular complexity index is 771. The molecular formula is C19H25N5O2. The minimum atomic E-state index is -0.133. The molecule has 0 bridgehead atoms. The van der Waals surface area contributed by atoms with Crippen molar-refractivity contribution < 1.29 is 9.53 Å². The molecule has 2 heterocycles. The Morgan fingerprint density at radius 2 is 2.15 bits per heavy atom. The largest absolute Gasteiger partial charge is 0.496 e. The standard InChI is InChI=1S/C19H25N5O2/c1-26-17-5-3-2-4-15(17)9-23-10-16(19(25)20-8-14-6-7-14)11-24-18(12-23)21-13-22-24/h2-5,13-14,16H,6-12H2,1H3,(H,20,25)/t16-/m1/s1. The molecule has 1 fully saturated rings. The minimum absolute atomic E-state index is 0.116. The van der Waals surface area contributed by atoms with Gasteiger partial charge in [-0.2, -0.15) is 5.10 Å². The summed E-state index contributed by atoms with van der Waals surface area (Å²) < 4.78 is 7.34. The molecule has 1 aromatic carbocycles. The molecule has 0 saturated heterocycles. The molecule has 7 heteroatoms. The Labute approximate surface area is 153 Å². The molecule has 1 aliphatic carbocycles. The molecule has 1 N–H and O–H groups in total. The van der Waals surface area contributed by atoms with Crippen LogP contribution in [0.1, 0.15) is 24.2 Å². The topological polar surface area (TPSA) is 72.3 Å². The number of nitrogens with zero attached hydrogens (tertiary/aromatic N) is 4. The third-order valence-corrected chi connectivity index (χ3v) is 5.15. The maximum absolute atomic E-state index is 12.7. The first-order chi connectivity index (χ1) is 12.7. The molecular weight excluding hydrogens is 330 g/mol. The Morgan fingerprint density at radius 3 is 2.96 bits per heavy atom. The number of carbonyl (C=O) groups is 1. The maximum atomic E-state index is 12.7. The van der Waals surface area contributed by atoms with Crippen molar-refractivity contribution in [3.05, 3.63) is 42.0 Å². The predicted molar refractivity (Wildman–Crippen MR) is 96.4 cm³/mol. The summed E-state index contributed by atoms with van der Waals surface area (Å²) in [4.78, 5) is 19.3. The van der Waals surface area contributed by atoms with Gasteiger partial charge in [0, 0.05) is 25.2 Å². The van der Waals surface area contributed by atoms with Crippen LogP contribution in [0.2, 0.25) is 0 Å². The zero-order chi connectivity index (χ0) is 17.9. The number of amides is 1. The Morgan fingerprint density at radius 1 is 1.31 bits per heavy atom. The van der Waals surface area contributed by atoms with Gasteiger partial charge in [0.1, 0.15) is 17.9 Å². The van der Waals surface area contributed by atoms with Crippen LogP contribution in [0.4, 0.5) is 0 Å². The fourth-order valence-electron chi connectivity index (χ4n) is 3.48. The lowest BCUT2D eigenvalue weighted by atomic mass is 10.1. The van der Waals surface area contributed by atoms with Gasteiger partial charge in [0.05, 0.1) is 26.1 Å². The first kappa shape index (κ1) is 17.0. The molecule has 2 aliphatic rings. The first-order valence-corrected chi connectivity index (χ1v) is 9.21. The van der Waals surface area contributed by atoms with Crippen molar-refractivity contribution in [1.82, 2.24) is 25.0 Å². The number of carbonyl (C=O) groups excluding carboxylic acids is 1. The van der Waals surface area contributed by atoms with E-state index in [4.69, 9.17) is 4.74 Å². The number of hydrogen-bond acceptors (Lipinski definition) is 5. The van der Waals surface area contributed by atoms with Crippen molar-refractivity contribution in [2.24, 2.45) is 11.8 Å². The van der Waals surface area contributed by atoms with Crippen LogP contribution in [0.3, 0.4) is 0 Å². The van der Waals surface area contributed by atoms with Crippen molar-refractivity contribution in [3.63, 3.8) is 0 Å². The second-order valence-electron chi connectivity index (χ2n) is 7.23. The van der Waals surface area contributed by atoms with Crippen molar-refractivity contribution in [2.75, 3.05) is 20.2 Å². The number of methoxy groups -OCH3 is 1. The molecule has 1 saturated carbocycles. The number of para-hydroxylation sites is 1. The van der Waals surface area contributed by atoms with Gasteiger partial charge in [-0.1, -0.05) is 18.2 Å². The summed E-state index contributed by atoms with van der Waals surface area (Å²) in [7, 11) is 1.69. The van der Waals surface area contributed by atoms with E-state index in [1.807, 2.05) is 22.9 Å². The van der Waals surface area contributed by atoms with E-state index in [-0.39, 0.29) is 11.8 Å². The van der Waals surface area contributed by atoms with E-state index >= 15 is 0 Å². The van der Waals surface area contributed by atoms with E-state index in [2.05, 4.69) is 26.4 Å². The van der Waals surface area contributed by atoms with Crippen molar-refractivity contribution >= 4 is 5.91 Å². The summed E-state index contributed by atoms with van der Waals surface area (Å²) in [5.74, 6) is 2.43. The highest BCUT2D eigenvalue weighted by atomic mass is 16.5. The van der Waals surface area contributed by atoms with Crippen LogP contribution in [-0.4, -0.2) is 45.8 Å². The lowest BCUT2D eigenvalue weighted by Crippen LogP contribution is -2.39. The van der Waals surface area contributed by atoms with Crippen molar-refractivity contribution in [1.29, 1.82) is 0 Å². The van der Waals surface area contributed by atoms with Gasteiger partial charge in [-0.15, -0.1) is 0 Å². The molecule has 138 valence electrons. The number of aromatic nitrogens is 3. The van der Waals surface area contributed by atoms with Crippen LogP contribution in [0.25, 0.3) is 0 Å². The van der Waals surface area contributed by atoms with Gasteiger partial charge < -0.3 is 10.1 Å². The fraction of sp³-hybridized carbons (Fsp3) is 0.526. The Balaban J connectivity index is 1.51. The smallest absolute Gasteiger partial charge is 0.226 e. The summed E-state index contributed by atoms with van der Waals surface area (Å²) in [5, 5.41) is 7.43. The fourth-order valence-corrected chi connectivity index (χ4v) is 3.48. The van der Waals surface area contributed by atoms with E-state index in [1.165, 1.54) is 12.8 Å². The third kappa shape index (κ3) is 3.88. The molecule has 0 spiro atoms. The number of benzene rings is 1. The van der Waals surface area contributed by atoms with E-state index in [0.29, 0.717) is 32.1 Å². The number of nitrogens with one attached hydrogen (secondary N) is 1. The molecule has 2 aromatic rings. The quantitative estimate of drug-likeness (QED) is 0.849. The third-order valence-electron chi connectivity index (χ3n) is 5.15. The van der Waals surface area contributed by atoms with Crippen LogP contribution in [0.15, 0.2) is 30.6 Å². The summed E-state index contributed by atoms with van der Waals surface area (Å²) in [6, 6.07) is 8.01. The molecule has 0 unspecified atom stereocenters. The molecule has 7 nitrogen and oxygen atoms in total. The average Bonchev–Trinajstić information content (AvgIpc) is 3.42. The van der Waals surface area contributed by atoms with Crippen LogP contribution in [0.5, 0.6) is 5.75 Å². The van der Waals surface area contributed by atoms with Gasteiger partial charge in [-0.3, -0.25) is 9.69 Å². The molecule has 1 aromatic heterocycles. The first-order valence-electron chi connectivity index (χ1n) is 9.21. The number of ether oxygens (including phenoxy) is 1. The summed E-state index contributed by atoms with van der Waals surface area (Å²) in [5.41, 5.74) is 1.11. The maximum Gasteiger partial charge on any atom is 0.226 e. The number of rotatable bonds is 6. The van der Waals surface area contributed by atoms with Gasteiger partial charge in [-0.25, -0.2) is 9.67 Å². The summed E-state index contributed by atoms with van der Waals surface area (Å²) >= 11 is 0. The molecule has 1 atom stereocenters. The van der Waals surface area contributed by atoms with Gasteiger partial charge in [0.2, 0.25) is 5.91 Å². The highest BCUT2D eigenvalue weighted by molar-refractivity contribution is 5.78. The number of fused-ring (bicyclic) bond motifs is 1. The van der Waals surface area contributed by atoms with Crippen LogP contribution in [-0.2, 0) is 24.4 Å².